The van der Waals surface area contributed by atoms with Gasteiger partial charge in [0.2, 0.25) is 0 Å². The van der Waals surface area contributed by atoms with Crippen molar-refractivity contribution in [3.05, 3.63) is 0 Å². The average molecular weight is 226 g/mol. The van der Waals surface area contributed by atoms with Crippen LogP contribution in [0.5, 0.6) is 0 Å². The number of hydrogen-bond donors (Lipinski definition) is 1. The first kappa shape index (κ1) is 14.0. The van der Waals surface area contributed by atoms with E-state index in [0.717, 1.165) is 11.8 Å². The summed E-state index contributed by atoms with van der Waals surface area (Å²) in [4.78, 5) is 2.65. The highest BCUT2D eigenvalue weighted by Gasteiger charge is 2.21. The van der Waals surface area contributed by atoms with E-state index in [1.165, 1.54) is 58.4 Å². The van der Waals surface area contributed by atoms with Gasteiger partial charge in [-0.25, -0.2) is 0 Å². The predicted octanol–water partition coefficient (Wildman–Crippen LogP) is 2.74. The second-order valence-corrected chi connectivity index (χ2v) is 5.70. The van der Waals surface area contributed by atoms with Crippen molar-refractivity contribution in [2.24, 2.45) is 11.8 Å². The Morgan fingerprint density at radius 1 is 1.38 bits per heavy atom. The van der Waals surface area contributed by atoms with Crippen LogP contribution in [0.4, 0.5) is 0 Å². The molecule has 1 aliphatic heterocycles. The molecule has 1 rings (SSSR count). The summed E-state index contributed by atoms with van der Waals surface area (Å²) in [6.07, 6.45) is 5.42. The van der Waals surface area contributed by atoms with Crippen LogP contribution in [-0.4, -0.2) is 37.6 Å². The lowest BCUT2D eigenvalue weighted by Crippen LogP contribution is -2.27. The molecule has 0 saturated carbocycles. The summed E-state index contributed by atoms with van der Waals surface area (Å²) in [5, 5.41) is 3.55. The van der Waals surface area contributed by atoms with E-state index < -0.39 is 0 Å². The van der Waals surface area contributed by atoms with Crippen molar-refractivity contribution in [3.8, 4) is 0 Å². The first-order valence-electron chi connectivity index (χ1n) is 7.15. The molecule has 1 unspecified atom stereocenters. The summed E-state index contributed by atoms with van der Waals surface area (Å²) in [5.74, 6) is 1.77. The Hall–Kier alpha value is -0.0800. The molecule has 0 aromatic heterocycles. The van der Waals surface area contributed by atoms with E-state index >= 15 is 0 Å². The van der Waals surface area contributed by atoms with Crippen molar-refractivity contribution in [1.29, 1.82) is 0 Å². The molecule has 1 saturated heterocycles. The van der Waals surface area contributed by atoms with Crippen LogP contribution in [0.15, 0.2) is 0 Å². The maximum absolute atomic E-state index is 3.55. The van der Waals surface area contributed by atoms with E-state index in [1.54, 1.807) is 0 Å². The van der Waals surface area contributed by atoms with Gasteiger partial charge in [-0.05, 0) is 63.7 Å². The molecule has 96 valence electrons. The molecule has 0 aromatic carbocycles. The first-order valence-corrected chi connectivity index (χ1v) is 7.15. The SMILES string of the molecule is CCCNCC1CCN(CCCC(C)C)C1. The van der Waals surface area contributed by atoms with Crippen LogP contribution in [0.3, 0.4) is 0 Å². The monoisotopic (exact) mass is 226 g/mol. The highest BCUT2D eigenvalue weighted by atomic mass is 15.1. The van der Waals surface area contributed by atoms with Crippen molar-refractivity contribution in [3.63, 3.8) is 0 Å². The molecule has 1 aliphatic rings. The molecule has 1 heterocycles. The van der Waals surface area contributed by atoms with Gasteiger partial charge in [0, 0.05) is 6.54 Å². The summed E-state index contributed by atoms with van der Waals surface area (Å²) < 4.78 is 0. The molecular formula is C14H30N2. The van der Waals surface area contributed by atoms with E-state index in [9.17, 15) is 0 Å². The molecule has 1 fully saturated rings. The van der Waals surface area contributed by atoms with Crippen LogP contribution in [0.25, 0.3) is 0 Å². The molecule has 1 atom stereocenters. The van der Waals surface area contributed by atoms with Gasteiger partial charge < -0.3 is 10.2 Å². The van der Waals surface area contributed by atoms with Gasteiger partial charge >= 0.3 is 0 Å². The molecule has 0 spiro atoms. The summed E-state index contributed by atoms with van der Waals surface area (Å²) >= 11 is 0. The summed E-state index contributed by atoms with van der Waals surface area (Å²) in [5.41, 5.74) is 0. The minimum atomic E-state index is 0.865. The van der Waals surface area contributed by atoms with E-state index in [1.807, 2.05) is 0 Å². The third kappa shape index (κ3) is 5.86. The van der Waals surface area contributed by atoms with Crippen LogP contribution in [0.2, 0.25) is 0 Å². The molecule has 0 radical (unpaired) electrons. The van der Waals surface area contributed by atoms with Crippen molar-refractivity contribution in [2.75, 3.05) is 32.7 Å². The zero-order valence-corrected chi connectivity index (χ0v) is 11.5. The molecular weight excluding hydrogens is 196 g/mol. The van der Waals surface area contributed by atoms with Crippen LogP contribution in [-0.2, 0) is 0 Å². The van der Waals surface area contributed by atoms with E-state index in [4.69, 9.17) is 0 Å². The predicted molar refractivity (Wildman–Crippen MR) is 71.8 cm³/mol. The van der Waals surface area contributed by atoms with Gasteiger partial charge in [0.15, 0.2) is 0 Å². The molecule has 0 aromatic rings. The molecule has 0 bridgehead atoms. The van der Waals surface area contributed by atoms with Gasteiger partial charge in [0.25, 0.3) is 0 Å². The summed E-state index contributed by atoms with van der Waals surface area (Å²) in [6, 6.07) is 0. The molecule has 0 aliphatic carbocycles. The van der Waals surface area contributed by atoms with Crippen molar-refractivity contribution in [1.82, 2.24) is 10.2 Å². The number of rotatable bonds is 8. The van der Waals surface area contributed by atoms with Crippen LogP contribution in [0.1, 0.15) is 46.5 Å². The van der Waals surface area contributed by atoms with Crippen molar-refractivity contribution in [2.45, 2.75) is 46.5 Å². The molecule has 16 heavy (non-hydrogen) atoms. The van der Waals surface area contributed by atoms with Crippen molar-refractivity contribution < 1.29 is 0 Å². The van der Waals surface area contributed by atoms with Gasteiger partial charge in [-0.1, -0.05) is 20.8 Å². The smallest absolute Gasteiger partial charge is 0.00223 e. The maximum Gasteiger partial charge on any atom is 0.00223 e. The fraction of sp³-hybridized carbons (Fsp3) is 1.00. The summed E-state index contributed by atoms with van der Waals surface area (Å²) in [6.45, 7) is 13.3. The number of hydrogen-bond acceptors (Lipinski definition) is 2. The van der Waals surface area contributed by atoms with Crippen LogP contribution in [0, 0.1) is 11.8 Å². The minimum Gasteiger partial charge on any atom is -0.316 e. The topological polar surface area (TPSA) is 15.3 Å². The van der Waals surface area contributed by atoms with E-state index in [0.29, 0.717) is 0 Å². The second-order valence-electron chi connectivity index (χ2n) is 5.70. The van der Waals surface area contributed by atoms with Gasteiger partial charge in [-0.15, -0.1) is 0 Å². The Labute approximate surface area is 102 Å². The highest BCUT2D eigenvalue weighted by molar-refractivity contribution is 4.77. The average Bonchev–Trinajstić information content (AvgIpc) is 2.66. The largest absolute Gasteiger partial charge is 0.316 e. The van der Waals surface area contributed by atoms with Crippen LogP contribution >= 0.6 is 0 Å². The Morgan fingerprint density at radius 2 is 2.19 bits per heavy atom. The lowest BCUT2D eigenvalue weighted by molar-refractivity contribution is 0.307. The second kappa shape index (κ2) is 8.08. The lowest BCUT2D eigenvalue weighted by atomic mass is 10.1. The maximum atomic E-state index is 3.55. The Bertz CT molecular complexity index is 168. The number of nitrogens with one attached hydrogen (secondary N) is 1. The molecule has 2 nitrogen and oxygen atoms in total. The van der Waals surface area contributed by atoms with Gasteiger partial charge in [0.1, 0.15) is 0 Å². The fourth-order valence-electron chi connectivity index (χ4n) is 2.49. The lowest BCUT2D eigenvalue weighted by Gasteiger charge is -2.16. The van der Waals surface area contributed by atoms with Gasteiger partial charge in [-0.3, -0.25) is 0 Å². The third-order valence-electron chi connectivity index (χ3n) is 3.49. The van der Waals surface area contributed by atoms with Gasteiger partial charge in [-0.2, -0.15) is 0 Å². The normalized spacial score (nSPS) is 22.1. The van der Waals surface area contributed by atoms with Crippen molar-refractivity contribution >= 4 is 0 Å². The minimum absolute atomic E-state index is 0.865. The Balaban J connectivity index is 2.01. The fourth-order valence-corrected chi connectivity index (χ4v) is 2.49. The van der Waals surface area contributed by atoms with E-state index in [2.05, 4.69) is 31.0 Å². The third-order valence-corrected chi connectivity index (χ3v) is 3.49. The summed E-state index contributed by atoms with van der Waals surface area (Å²) in [7, 11) is 0. The first-order chi connectivity index (χ1) is 7.72. The molecule has 1 N–H and O–H groups in total. The standard InChI is InChI=1S/C14H30N2/c1-4-8-15-11-14-7-10-16(12-14)9-5-6-13(2)3/h13-15H,4-12H2,1-3H3. The van der Waals surface area contributed by atoms with E-state index in [-0.39, 0.29) is 0 Å². The molecule has 2 heteroatoms. The van der Waals surface area contributed by atoms with Crippen LogP contribution < -0.4 is 5.32 Å². The number of nitrogens with zero attached hydrogens (tertiary/aromatic N) is 1. The highest BCUT2D eigenvalue weighted by Crippen LogP contribution is 2.16. The Morgan fingerprint density at radius 3 is 2.88 bits per heavy atom. The zero-order valence-electron chi connectivity index (χ0n) is 11.5. The van der Waals surface area contributed by atoms with Gasteiger partial charge in [0.05, 0.1) is 0 Å². The number of likely N-dealkylation sites (tertiary alicyclic amines) is 1. The Kier molecular flexibility index (Phi) is 7.06. The quantitative estimate of drug-likeness (QED) is 0.640. The molecule has 0 amide bonds. The zero-order chi connectivity index (χ0) is 11.8.